The number of nitrogens with zero attached hydrogens (tertiary/aromatic N) is 3. The summed E-state index contributed by atoms with van der Waals surface area (Å²) in [4.78, 5) is 2.05. The summed E-state index contributed by atoms with van der Waals surface area (Å²) >= 11 is 9.58. The molecule has 1 aliphatic rings. The van der Waals surface area contributed by atoms with Gasteiger partial charge >= 0.3 is 58.2 Å². The summed E-state index contributed by atoms with van der Waals surface area (Å²) in [7, 11) is 1.98. The van der Waals surface area contributed by atoms with Crippen molar-refractivity contribution < 1.29 is 62.9 Å². The van der Waals surface area contributed by atoms with E-state index in [-0.39, 0.29) is 64.3 Å². The zero-order chi connectivity index (χ0) is 22.1. The Morgan fingerprint density at radius 3 is 2.23 bits per heavy atom. The molecule has 8 heteroatoms. The van der Waals surface area contributed by atoms with Crippen molar-refractivity contribution in [1.82, 2.24) is 8.61 Å². The number of rotatable bonds is 7. The first-order valence-electron chi connectivity index (χ1n) is 9.70. The minimum atomic E-state index is 0. The zero-order valence-corrected chi connectivity index (χ0v) is 26.5. The van der Waals surface area contributed by atoms with Crippen LogP contribution in [0.5, 0.6) is 5.75 Å². The molecule has 0 amide bonds. The summed E-state index contributed by atoms with van der Waals surface area (Å²) in [6.07, 6.45) is 5.87. The molecule has 0 N–H and O–H groups in total. The smallest absolute Gasteiger partial charge is 0.489 e. The fourth-order valence-corrected chi connectivity index (χ4v) is 4.10. The van der Waals surface area contributed by atoms with E-state index in [1.807, 2.05) is 68.3 Å². The van der Waals surface area contributed by atoms with E-state index in [1.165, 1.54) is 0 Å². The third kappa shape index (κ3) is 9.34. The Morgan fingerprint density at radius 2 is 1.71 bits per heavy atom. The molecule has 0 aliphatic carbocycles. The summed E-state index contributed by atoms with van der Waals surface area (Å²) < 4.78 is 10.3. The van der Waals surface area contributed by atoms with Crippen molar-refractivity contribution in [2.24, 2.45) is 0 Å². The van der Waals surface area contributed by atoms with Crippen molar-refractivity contribution in [3.05, 3.63) is 66.3 Å². The van der Waals surface area contributed by atoms with Crippen molar-refractivity contribution in [2.45, 2.75) is 20.0 Å². The van der Waals surface area contributed by atoms with E-state index in [0.717, 1.165) is 35.8 Å². The quantitative estimate of drug-likeness (QED) is 0.386. The van der Waals surface area contributed by atoms with E-state index < -0.39 is 0 Å². The van der Waals surface area contributed by atoms with Crippen molar-refractivity contribution in [1.29, 1.82) is 0 Å². The molecule has 1 saturated heterocycles. The Morgan fingerprint density at radius 1 is 1.10 bits per heavy atom. The van der Waals surface area contributed by atoms with E-state index in [2.05, 4.69) is 27.8 Å². The topological polar surface area (TPSA) is 19.0 Å². The van der Waals surface area contributed by atoms with Gasteiger partial charge in [-0.05, 0) is 63.3 Å². The molecule has 1 aliphatic heterocycles. The number of benzene rings is 2. The Labute approximate surface area is 250 Å². The average molecular weight is 550 g/mol. The predicted molar refractivity (Wildman–Crippen MR) is 135 cm³/mol. The predicted octanol–water partition coefficient (Wildman–Crippen LogP) is 3.62. The van der Waals surface area contributed by atoms with Crippen LogP contribution >= 0.6 is 35.5 Å². The maximum atomic E-state index is 6.03. The van der Waals surface area contributed by atoms with Crippen molar-refractivity contribution >= 4 is 52.9 Å². The first kappa shape index (κ1) is 29.5. The van der Waals surface area contributed by atoms with Gasteiger partial charge in [0.1, 0.15) is 5.75 Å². The Hall–Kier alpha value is 0.495. The Bertz CT molecular complexity index is 815. The SMILES string of the molecule is CSN1[CH-]N(SC)CC1.[CH-]=Cc1cc(Cl)ccc1N(C)c1ccccc1OC(C)C.[Rb+]. The van der Waals surface area contributed by atoms with E-state index in [4.69, 9.17) is 22.9 Å². The first-order chi connectivity index (χ1) is 14.4. The van der Waals surface area contributed by atoms with Gasteiger partial charge in [-0.3, -0.25) is 6.58 Å². The second-order valence-electron chi connectivity index (χ2n) is 6.83. The Kier molecular flexibility index (Phi) is 14.7. The molecule has 0 spiro atoms. The van der Waals surface area contributed by atoms with Crippen LogP contribution in [0, 0.1) is 13.2 Å². The minimum absolute atomic E-state index is 0. The van der Waals surface area contributed by atoms with Gasteiger partial charge in [0, 0.05) is 12.1 Å². The van der Waals surface area contributed by atoms with Crippen molar-refractivity contribution in [3.8, 4) is 5.75 Å². The van der Waals surface area contributed by atoms with Crippen molar-refractivity contribution in [2.75, 3.05) is 37.5 Å². The third-order valence-corrected chi connectivity index (χ3v) is 6.11. The Balaban J connectivity index is 0.000000404. The molecule has 0 unspecified atom stereocenters. The van der Waals surface area contributed by atoms with Gasteiger partial charge in [-0.1, -0.05) is 29.8 Å². The van der Waals surface area contributed by atoms with Crippen LogP contribution in [0.4, 0.5) is 11.4 Å². The maximum Gasteiger partial charge on any atom is 1.00 e. The second kappa shape index (κ2) is 15.4. The van der Waals surface area contributed by atoms with Gasteiger partial charge in [0.25, 0.3) is 0 Å². The molecule has 164 valence electrons. The fourth-order valence-electron chi connectivity index (χ4n) is 2.92. The standard InChI is InChI=1S/C18H19ClNO.C5H11N2S2.Rb/c1-5-14-12-15(19)10-11-16(14)20(4)17-8-6-7-9-18(17)21-13(2)3;1-8-6-3-4-7(5-6)9-2;/h1,5-13H,2-4H3;5H,3-4H2,1-2H3;/q2*-1;+1. The number of halogens is 1. The van der Waals surface area contributed by atoms with E-state index in [1.54, 1.807) is 30.0 Å². The molecule has 0 bridgehead atoms. The zero-order valence-electron chi connectivity index (χ0n) is 19.2. The third-order valence-electron chi connectivity index (χ3n) is 4.39. The summed E-state index contributed by atoms with van der Waals surface area (Å²) in [5.41, 5.74) is 2.84. The van der Waals surface area contributed by atoms with Gasteiger partial charge < -0.3 is 18.2 Å². The summed E-state index contributed by atoms with van der Waals surface area (Å²) in [5, 5.41) is 0.663. The second-order valence-corrected chi connectivity index (χ2v) is 8.93. The van der Waals surface area contributed by atoms with Crippen LogP contribution in [0.1, 0.15) is 19.4 Å². The molecule has 1 heterocycles. The van der Waals surface area contributed by atoms with Crippen LogP contribution in [0.3, 0.4) is 0 Å². The van der Waals surface area contributed by atoms with Crippen LogP contribution in [0.15, 0.2) is 42.5 Å². The minimum Gasteiger partial charge on any atom is -0.489 e. The molecule has 0 aromatic heterocycles. The van der Waals surface area contributed by atoms with Gasteiger partial charge in [0.2, 0.25) is 0 Å². The molecule has 4 nitrogen and oxygen atoms in total. The van der Waals surface area contributed by atoms with Crippen LogP contribution in [-0.2, 0) is 0 Å². The van der Waals surface area contributed by atoms with Crippen LogP contribution < -0.4 is 67.8 Å². The van der Waals surface area contributed by atoms with Gasteiger partial charge in [0.05, 0.1) is 11.8 Å². The van der Waals surface area contributed by atoms with Crippen LogP contribution in [-0.4, -0.2) is 47.4 Å². The number of ether oxygens (including phenoxy) is 1. The van der Waals surface area contributed by atoms with E-state index >= 15 is 0 Å². The molecule has 31 heavy (non-hydrogen) atoms. The monoisotopic (exact) mass is 548 g/mol. The molecule has 1 fully saturated rings. The van der Waals surface area contributed by atoms with Gasteiger partial charge in [-0.25, -0.2) is 6.08 Å². The van der Waals surface area contributed by atoms with Crippen LogP contribution in [0.2, 0.25) is 5.02 Å². The normalized spacial score (nSPS) is 13.9. The molecule has 0 radical (unpaired) electrons. The number of hydrogen-bond acceptors (Lipinski definition) is 6. The summed E-state index contributed by atoms with van der Waals surface area (Å²) in [6.45, 7) is 14.2. The van der Waals surface area contributed by atoms with Crippen molar-refractivity contribution in [3.63, 3.8) is 0 Å². The molecule has 2 aromatic carbocycles. The molecular weight excluding hydrogens is 519 g/mol. The molecule has 0 saturated carbocycles. The summed E-state index contributed by atoms with van der Waals surface area (Å²) in [5.74, 6) is 0.841. The van der Waals surface area contributed by atoms with E-state index in [9.17, 15) is 0 Å². The molecule has 0 atom stereocenters. The van der Waals surface area contributed by atoms with Gasteiger partial charge in [-0.15, -0.1) is 30.0 Å². The van der Waals surface area contributed by atoms with Gasteiger partial charge in [-0.2, -0.15) is 12.2 Å². The average Bonchev–Trinajstić information content (AvgIpc) is 3.22. The maximum absolute atomic E-state index is 6.03. The summed E-state index contributed by atoms with van der Waals surface area (Å²) in [6, 6.07) is 13.6. The first-order valence-corrected chi connectivity index (χ1v) is 12.4. The molecular formula is C23H30ClN3ORbS2-. The number of hydrogen-bond donors (Lipinski definition) is 0. The fraction of sp³-hybridized carbons (Fsp3) is 0.348. The van der Waals surface area contributed by atoms with Gasteiger partial charge in [0.15, 0.2) is 0 Å². The van der Waals surface area contributed by atoms with E-state index in [0.29, 0.717) is 5.02 Å². The largest absolute Gasteiger partial charge is 1.00 e. The van der Waals surface area contributed by atoms with Crippen LogP contribution in [0.25, 0.3) is 6.08 Å². The number of para-hydroxylation sites is 2. The number of anilines is 2. The molecule has 3 rings (SSSR count). The molecule has 2 aromatic rings.